The molecule has 6 nitrogen and oxygen atoms in total. The fourth-order valence-corrected chi connectivity index (χ4v) is 4.55. The highest BCUT2D eigenvalue weighted by molar-refractivity contribution is 7.13. The Bertz CT molecular complexity index is 956. The van der Waals surface area contributed by atoms with Crippen molar-refractivity contribution in [3.05, 3.63) is 41.4 Å². The lowest BCUT2D eigenvalue weighted by atomic mass is 10.2. The predicted octanol–water partition coefficient (Wildman–Crippen LogP) is 3.19. The molecule has 4 rings (SSSR count). The molecule has 1 saturated heterocycles. The number of hydrogen-bond donors (Lipinski definition) is 0. The minimum Gasteiger partial charge on any atom is -0.383 e. The molecule has 3 aromatic rings. The number of benzene rings is 1. The second-order valence-corrected chi connectivity index (χ2v) is 7.86. The molecule has 148 valence electrons. The van der Waals surface area contributed by atoms with Gasteiger partial charge in [-0.3, -0.25) is 4.79 Å². The Balaban J connectivity index is 1.60. The molecule has 1 fully saturated rings. The molecule has 0 aliphatic carbocycles. The van der Waals surface area contributed by atoms with Crippen LogP contribution in [0.15, 0.2) is 35.7 Å². The number of carbonyl (C=O) groups is 1. The highest BCUT2D eigenvalue weighted by Crippen LogP contribution is 2.31. The van der Waals surface area contributed by atoms with Crippen molar-refractivity contribution in [3.63, 3.8) is 0 Å². The molecule has 1 aliphatic heterocycles. The number of fused-ring (bicyclic) bond motifs is 1. The summed E-state index contributed by atoms with van der Waals surface area (Å²) in [7, 11) is 1.71. The number of para-hydroxylation sites is 1. The fraction of sp³-hybridized carbons (Fsp3) is 0.429. The predicted molar refractivity (Wildman–Crippen MR) is 113 cm³/mol. The number of aromatic nitrogens is 2. The monoisotopic (exact) mass is 398 g/mol. The van der Waals surface area contributed by atoms with E-state index in [2.05, 4.69) is 34.6 Å². The number of rotatable bonds is 6. The van der Waals surface area contributed by atoms with E-state index in [0.29, 0.717) is 12.3 Å². The van der Waals surface area contributed by atoms with Gasteiger partial charge >= 0.3 is 0 Å². The Morgan fingerprint density at radius 3 is 2.75 bits per heavy atom. The van der Waals surface area contributed by atoms with Crippen molar-refractivity contribution in [1.82, 2.24) is 19.4 Å². The van der Waals surface area contributed by atoms with Crippen LogP contribution < -0.4 is 0 Å². The Hall–Kier alpha value is -2.22. The van der Waals surface area contributed by atoms with Crippen molar-refractivity contribution in [3.8, 4) is 10.7 Å². The summed E-state index contributed by atoms with van der Waals surface area (Å²) in [6.45, 7) is 7.99. The number of piperazine rings is 1. The number of ether oxygens (including phenoxy) is 1. The molecular formula is C21H26N4O2S. The van der Waals surface area contributed by atoms with Gasteiger partial charge in [0.15, 0.2) is 0 Å². The minimum atomic E-state index is 0.0396. The van der Waals surface area contributed by atoms with Crippen LogP contribution in [0.1, 0.15) is 17.4 Å². The minimum absolute atomic E-state index is 0.0396. The molecule has 1 aromatic carbocycles. The van der Waals surface area contributed by atoms with Crippen LogP contribution in [-0.2, 0) is 11.3 Å². The van der Waals surface area contributed by atoms with Crippen molar-refractivity contribution in [1.29, 1.82) is 0 Å². The van der Waals surface area contributed by atoms with Gasteiger partial charge in [-0.25, -0.2) is 4.98 Å². The maximum absolute atomic E-state index is 12.9. The second-order valence-electron chi connectivity index (χ2n) is 7.00. The molecule has 0 spiro atoms. The van der Waals surface area contributed by atoms with E-state index in [0.717, 1.165) is 55.5 Å². The van der Waals surface area contributed by atoms with E-state index >= 15 is 0 Å². The van der Waals surface area contributed by atoms with Crippen LogP contribution in [0.2, 0.25) is 0 Å². The average Bonchev–Trinajstić information content (AvgIpc) is 3.36. The zero-order chi connectivity index (χ0) is 19.5. The fourth-order valence-electron chi connectivity index (χ4n) is 3.73. The molecule has 7 heteroatoms. The van der Waals surface area contributed by atoms with E-state index in [4.69, 9.17) is 9.72 Å². The Morgan fingerprint density at radius 2 is 2.00 bits per heavy atom. The summed E-state index contributed by atoms with van der Waals surface area (Å²) >= 11 is 1.53. The van der Waals surface area contributed by atoms with Gasteiger partial charge in [0.2, 0.25) is 0 Å². The van der Waals surface area contributed by atoms with Crippen molar-refractivity contribution in [2.24, 2.45) is 0 Å². The van der Waals surface area contributed by atoms with Gasteiger partial charge in [-0.1, -0.05) is 25.1 Å². The molecular weight excluding hydrogens is 372 g/mol. The molecule has 0 radical (unpaired) electrons. The largest absolute Gasteiger partial charge is 0.383 e. The van der Waals surface area contributed by atoms with Gasteiger partial charge in [-0.15, -0.1) is 11.3 Å². The van der Waals surface area contributed by atoms with Gasteiger partial charge < -0.3 is 19.1 Å². The first-order chi connectivity index (χ1) is 13.7. The quantitative estimate of drug-likeness (QED) is 0.640. The smallest absolute Gasteiger partial charge is 0.273 e. The summed E-state index contributed by atoms with van der Waals surface area (Å²) in [5, 5.41) is 3.94. The Labute approximate surface area is 169 Å². The summed E-state index contributed by atoms with van der Waals surface area (Å²) in [6.07, 6.45) is 0. The van der Waals surface area contributed by atoms with Crippen molar-refractivity contribution in [2.75, 3.05) is 46.4 Å². The maximum Gasteiger partial charge on any atom is 0.273 e. The van der Waals surface area contributed by atoms with E-state index in [9.17, 15) is 4.79 Å². The summed E-state index contributed by atoms with van der Waals surface area (Å²) in [4.78, 5) is 21.9. The molecule has 0 saturated carbocycles. The third-order valence-corrected chi connectivity index (χ3v) is 6.24. The van der Waals surface area contributed by atoms with Crippen LogP contribution in [0.5, 0.6) is 0 Å². The van der Waals surface area contributed by atoms with E-state index < -0.39 is 0 Å². The molecule has 2 aromatic heterocycles. The van der Waals surface area contributed by atoms with E-state index in [1.807, 2.05) is 22.4 Å². The summed E-state index contributed by atoms with van der Waals surface area (Å²) in [6, 6.07) is 10.5. The van der Waals surface area contributed by atoms with Crippen molar-refractivity contribution in [2.45, 2.75) is 13.5 Å². The van der Waals surface area contributed by atoms with Crippen molar-refractivity contribution < 1.29 is 9.53 Å². The first-order valence-corrected chi connectivity index (χ1v) is 10.6. The van der Waals surface area contributed by atoms with Gasteiger partial charge in [-0.05, 0) is 18.7 Å². The molecule has 0 unspecified atom stereocenters. The third-order valence-electron chi connectivity index (χ3n) is 5.38. The van der Waals surface area contributed by atoms with Gasteiger partial charge in [0.05, 0.1) is 12.3 Å². The number of amides is 1. The standard InChI is InChI=1S/C21H26N4O2S/c1-3-23-8-10-24(11-9-23)21(26)17-15-28-20(22-17)19-14-16-6-4-5-7-18(16)25(19)12-13-27-2/h4-7,14-15H,3,8-13H2,1-2H3. The number of methoxy groups -OCH3 is 1. The Morgan fingerprint density at radius 1 is 1.21 bits per heavy atom. The number of likely N-dealkylation sites (N-methyl/N-ethyl adjacent to an activating group) is 1. The van der Waals surface area contributed by atoms with E-state index in [-0.39, 0.29) is 5.91 Å². The van der Waals surface area contributed by atoms with Crippen LogP contribution in [0.3, 0.4) is 0 Å². The summed E-state index contributed by atoms with van der Waals surface area (Å²) in [5.74, 6) is 0.0396. The molecule has 1 aliphatic rings. The van der Waals surface area contributed by atoms with Crippen LogP contribution in [0.4, 0.5) is 0 Å². The summed E-state index contributed by atoms with van der Waals surface area (Å²) < 4.78 is 7.52. The number of hydrogen-bond acceptors (Lipinski definition) is 5. The lowest BCUT2D eigenvalue weighted by molar-refractivity contribution is 0.0638. The van der Waals surface area contributed by atoms with E-state index in [1.54, 1.807) is 7.11 Å². The highest BCUT2D eigenvalue weighted by Gasteiger charge is 2.24. The zero-order valence-corrected chi connectivity index (χ0v) is 17.2. The molecule has 0 bridgehead atoms. The zero-order valence-electron chi connectivity index (χ0n) is 16.4. The van der Waals surface area contributed by atoms with E-state index in [1.165, 1.54) is 16.7 Å². The lowest BCUT2D eigenvalue weighted by Crippen LogP contribution is -2.48. The molecule has 28 heavy (non-hydrogen) atoms. The number of thiazole rings is 1. The molecule has 3 heterocycles. The lowest BCUT2D eigenvalue weighted by Gasteiger charge is -2.33. The van der Waals surface area contributed by atoms with Crippen LogP contribution in [0, 0.1) is 0 Å². The molecule has 1 amide bonds. The second kappa shape index (κ2) is 8.43. The first kappa shape index (κ1) is 19.1. The van der Waals surface area contributed by atoms with Gasteiger partial charge in [0.25, 0.3) is 5.91 Å². The van der Waals surface area contributed by atoms with Gasteiger partial charge in [0, 0.05) is 56.1 Å². The highest BCUT2D eigenvalue weighted by atomic mass is 32.1. The molecule has 0 atom stereocenters. The SMILES string of the molecule is CCN1CCN(C(=O)c2csc(-c3cc4ccccc4n3CCOC)n2)CC1. The number of nitrogens with zero attached hydrogens (tertiary/aromatic N) is 4. The van der Waals surface area contributed by atoms with Crippen LogP contribution in [0.25, 0.3) is 21.6 Å². The maximum atomic E-state index is 12.9. The van der Waals surface area contributed by atoms with Gasteiger partial charge in [-0.2, -0.15) is 0 Å². The molecule has 0 N–H and O–H groups in total. The van der Waals surface area contributed by atoms with Crippen LogP contribution in [-0.4, -0.2) is 71.7 Å². The first-order valence-electron chi connectivity index (χ1n) is 9.76. The third kappa shape index (κ3) is 3.70. The van der Waals surface area contributed by atoms with Gasteiger partial charge in [0.1, 0.15) is 10.7 Å². The topological polar surface area (TPSA) is 50.6 Å². The summed E-state index contributed by atoms with van der Waals surface area (Å²) in [5.41, 5.74) is 2.75. The van der Waals surface area contributed by atoms with Crippen molar-refractivity contribution >= 4 is 28.1 Å². The van der Waals surface area contributed by atoms with Crippen LogP contribution >= 0.6 is 11.3 Å². The average molecular weight is 399 g/mol. The number of carbonyl (C=O) groups excluding carboxylic acids is 1. The normalized spacial score (nSPS) is 15.4. The Kier molecular flexibility index (Phi) is 5.75.